The summed E-state index contributed by atoms with van der Waals surface area (Å²) in [4.78, 5) is 6.90. The summed E-state index contributed by atoms with van der Waals surface area (Å²) in [5.41, 5.74) is 0. The third-order valence-electron chi connectivity index (χ3n) is 2.68. The number of unbranched alkanes of at least 4 members (excludes halogenated alkanes) is 1. The average molecular weight is 224 g/mol. The molecule has 2 heteroatoms. The molecule has 0 amide bonds. The van der Waals surface area contributed by atoms with Crippen molar-refractivity contribution in [2.45, 2.75) is 72.0 Å². The highest BCUT2D eigenvalue weighted by Gasteiger charge is 2.09. The summed E-state index contributed by atoms with van der Waals surface area (Å²) < 4.78 is 0. The second-order valence-electron chi connectivity index (χ2n) is 4.97. The number of nitrogens with zero attached hydrogens (tertiary/aromatic N) is 2. The Balaban J connectivity index is 4.06. The van der Waals surface area contributed by atoms with E-state index in [1.165, 1.54) is 6.42 Å². The molecule has 0 saturated carbocycles. The first-order valence-corrected chi connectivity index (χ1v) is 6.40. The molecule has 0 aliphatic carbocycles. The van der Waals surface area contributed by atoms with Crippen molar-refractivity contribution in [1.29, 1.82) is 0 Å². The molecule has 0 unspecified atom stereocenters. The molecule has 94 valence electrons. The van der Waals surface area contributed by atoms with Crippen molar-refractivity contribution in [1.82, 2.24) is 4.90 Å². The lowest BCUT2D eigenvalue weighted by Gasteiger charge is -2.28. The van der Waals surface area contributed by atoms with Crippen molar-refractivity contribution in [3.05, 3.63) is 12.7 Å². The van der Waals surface area contributed by atoms with E-state index >= 15 is 0 Å². The van der Waals surface area contributed by atoms with E-state index in [2.05, 4.69) is 51.1 Å². The van der Waals surface area contributed by atoms with Gasteiger partial charge >= 0.3 is 0 Å². The summed E-state index contributed by atoms with van der Waals surface area (Å²) in [5, 5.41) is 0. The van der Waals surface area contributed by atoms with Gasteiger partial charge in [0.15, 0.2) is 0 Å². The van der Waals surface area contributed by atoms with E-state index in [0.29, 0.717) is 18.1 Å². The monoisotopic (exact) mass is 224 g/mol. The number of hydrogen-bond acceptors (Lipinski definition) is 1. The Labute approximate surface area is 101 Å². The molecule has 0 saturated heterocycles. The van der Waals surface area contributed by atoms with E-state index < -0.39 is 0 Å². The third kappa shape index (κ3) is 6.65. The lowest BCUT2D eigenvalue weighted by Crippen LogP contribution is -2.36. The zero-order valence-electron chi connectivity index (χ0n) is 11.6. The first-order valence-electron chi connectivity index (χ1n) is 6.40. The average Bonchev–Trinajstić information content (AvgIpc) is 2.17. The molecule has 2 nitrogen and oxygen atoms in total. The molecule has 0 aromatic rings. The minimum atomic E-state index is 0.417. The lowest BCUT2D eigenvalue weighted by atomic mass is 10.1. The standard InChI is InChI=1S/C14H28N2/c1-7-8-9-10-14(6)15-11-16(12(2)3)13(4)5/h7,11-14H,1,8-10H2,2-6H3/t14-/m1/s1. The smallest absolute Gasteiger partial charge is 0.0857 e. The molecule has 0 spiro atoms. The van der Waals surface area contributed by atoms with Crippen LogP contribution in [0.5, 0.6) is 0 Å². The third-order valence-corrected chi connectivity index (χ3v) is 2.68. The van der Waals surface area contributed by atoms with E-state index in [0.717, 1.165) is 12.8 Å². The van der Waals surface area contributed by atoms with Crippen LogP contribution in [0.4, 0.5) is 0 Å². The highest BCUT2D eigenvalue weighted by molar-refractivity contribution is 5.56. The van der Waals surface area contributed by atoms with Crippen LogP contribution in [0.3, 0.4) is 0 Å². The maximum Gasteiger partial charge on any atom is 0.0857 e. The molecule has 1 atom stereocenters. The number of hydrogen-bond donors (Lipinski definition) is 0. The van der Waals surface area contributed by atoms with Crippen LogP contribution in [0.15, 0.2) is 17.6 Å². The fourth-order valence-corrected chi connectivity index (χ4v) is 1.69. The Bertz CT molecular complexity index is 199. The van der Waals surface area contributed by atoms with Gasteiger partial charge in [0, 0.05) is 18.1 Å². The van der Waals surface area contributed by atoms with Crippen molar-refractivity contribution >= 4 is 6.34 Å². The fourth-order valence-electron chi connectivity index (χ4n) is 1.69. The Hall–Kier alpha value is -0.790. The predicted octanol–water partition coefficient (Wildman–Crippen LogP) is 3.88. The largest absolute Gasteiger partial charge is 0.358 e. The summed E-state index contributed by atoms with van der Waals surface area (Å²) in [7, 11) is 0. The molecule has 0 heterocycles. The molecule has 0 aliphatic rings. The highest BCUT2D eigenvalue weighted by Crippen LogP contribution is 2.06. The van der Waals surface area contributed by atoms with Crippen molar-refractivity contribution < 1.29 is 0 Å². The van der Waals surface area contributed by atoms with E-state index in [4.69, 9.17) is 0 Å². The number of aliphatic imine (C=N–C) groups is 1. The minimum Gasteiger partial charge on any atom is -0.358 e. The first kappa shape index (κ1) is 15.2. The summed E-state index contributed by atoms with van der Waals surface area (Å²) >= 11 is 0. The maximum absolute atomic E-state index is 4.61. The summed E-state index contributed by atoms with van der Waals surface area (Å²) in [6, 6.07) is 1.45. The lowest BCUT2D eigenvalue weighted by molar-refractivity contribution is 0.300. The van der Waals surface area contributed by atoms with Crippen LogP contribution in [0, 0.1) is 0 Å². The fraction of sp³-hybridized carbons (Fsp3) is 0.786. The Morgan fingerprint density at radius 2 is 1.69 bits per heavy atom. The Kier molecular flexibility index (Phi) is 7.96. The topological polar surface area (TPSA) is 15.6 Å². The maximum atomic E-state index is 4.61. The molecule has 0 aromatic heterocycles. The van der Waals surface area contributed by atoms with Crippen LogP contribution in [-0.4, -0.2) is 29.4 Å². The van der Waals surface area contributed by atoms with E-state index in [-0.39, 0.29) is 0 Å². The van der Waals surface area contributed by atoms with Crippen molar-refractivity contribution in [3.8, 4) is 0 Å². The van der Waals surface area contributed by atoms with Crippen molar-refractivity contribution in [3.63, 3.8) is 0 Å². The molecule has 0 fully saturated rings. The molecular formula is C14H28N2. The predicted molar refractivity (Wildman–Crippen MR) is 74.1 cm³/mol. The number of allylic oxidation sites excluding steroid dienone is 1. The van der Waals surface area contributed by atoms with Gasteiger partial charge in [0.25, 0.3) is 0 Å². The van der Waals surface area contributed by atoms with Crippen LogP contribution in [0.2, 0.25) is 0 Å². The molecule has 16 heavy (non-hydrogen) atoms. The second kappa shape index (κ2) is 8.37. The first-order chi connectivity index (χ1) is 7.49. The molecule has 0 radical (unpaired) electrons. The van der Waals surface area contributed by atoms with Gasteiger partial charge in [-0.25, -0.2) is 0 Å². The molecular weight excluding hydrogens is 196 g/mol. The zero-order valence-corrected chi connectivity index (χ0v) is 11.6. The van der Waals surface area contributed by atoms with Gasteiger partial charge in [-0.1, -0.05) is 6.08 Å². The molecule has 0 bridgehead atoms. The van der Waals surface area contributed by atoms with Gasteiger partial charge in [0.1, 0.15) is 0 Å². The van der Waals surface area contributed by atoms with Crippen molar-refractivity contribution in [2.24, 2.45) is 4.99 Å². The second-order valence-corrected chi connectivity index (χ2v) is 4.97. The van der Waals surface area contributed by atoms with Gasteiger partial charge in [0.05, 0.1) is 6.34 Å². The quantitative estimate of drug-likeness (QED) is 0.264. The van der Waals surface area contributed by atoms with Crippen LogP contribution in [0.1, 0.15) is 53.9 Å². The van der Waals surface area contributed by atoms with Crippen LogP contribution in [0.25, 0.3) is 0 Å². The summed E-state index contributed by atoms with van der Waals surface area (Å²) in [6.45, 7) is 14.7. The van der Waals surface area contributed by atoms with Gasteiger partial charge in [-0.05, 0) is 53.9 Å². The molecule has 0 aromatic carbocycles. The molecule has 0 aliphatic heterocycles. The molecule has 0 rings (SSSR count). The SMILES string of the molecule is C=CCCC[C@@H](C)N=CN(C(C)C)C(C)C. The number of rotatable bonds is 8. The van der Waals surface area contributed by atoms with Gasteiger partial charge < -0.3 is 4.90 Å². The minimum absolute atomic E-state index is 0.417. The molecule has 0 N–H and O–H groups in total. The normalized spacial score (nSPS) is 13.7. The Morgan fingerprint density at radius 1 is 1.12 bits per heavy atom. The zero-order chi connectivity index (χ0) is 12.6. The van der Waals surface area contributed by atoms with Crippen LogP contribution < -0.4 is 0 Å². The highest BCUT2D eigenvalue weighted by atomic mass is 15.2. The van der Waals surface area contributed by atoms with E-state index in [9.17, 15) is 0 Å². The van der Waals surface area contributed by atoms with Gasteiger partial charge in [0.2, 0.25) is 0 Å². The van der Waals surface area contributed by atoms with E-state index in [1.807, 2.05) is 12.4 Å². The van der Waals surface area contributed by atoms with E-state index in [1.54, 1.807) is 0 Å². The Morgan fingerprint density at radius 3 is 2.12 bits per heavy atom. The van der Waals surface area contributed by atoms with Crippen LogP contribution >= 0.6 is 0 Å². The van der Waals surface area contributed by atoms with Gasteiger partial charge in [-0.2, -0.15) is 0 Å². The van der Waals surface area contributed by atoms with Gasteiger partial charge in [-0.3, -0.25) is 4.99 Å². The summed E-state index contributed by atoms with van der Waals surface area (Å²) in [6.07, 6.45) is 7.43. The summed E-state index contributed by atoms with van der Waals surface area (Å²) in [5.74, 6) is 0. The van der Waals surface area contributed by atoms with Crippen molar-refractivity contribution in [2.75, 3.05) is 0 Å². The van der Waals surface area contributed by atoms with Crippen LogP contribution in [-0.2, 0) is 0 Å². The van der Waals surface area contributed by atoms with Gasteiger partial charge in [-0.15, -0.1) is 6.58 Å².